The highest BCUT2D eigenvalue weighted by Crippen LogP contribution is 2.04. The molecule has 1 unspecified atom stereocenters. The molecule has 3 nitrogen and oxygen atoms in total. The van der Waals surface area contributed by atoms with Crippen molar-refractivity contribution in [3.8, 4) is 6.07 Å². The minimum absolute atomic E-state index is 0.171. The summed E-state index contributed by atoms with van der Waals surface area (Å²) >= 11 is 0. The molecule has 17 heavy (non-hydrogen) atoms. The van der Waals surface area contributed by atoms with Gasteiger partial charge in [0.1, 0.15) is 6.04 Å². The molecule has 0 aromatic heterocycles. The van der Waals surface area contributed by atoms with E-state index in [4.69, 9.17) is 10.00 Å². The minimum Gasteiger partial charge on any atom is -0.379 e. The van der Waals surface area contributed by atoms with Crippen LogP contribution in [0.1, 0.15) is 59.3 Å². The highest BCUT2D eigenvalue weighted by Gasteiger charge is 2.07. The zero-order valence-corrected chi connectivity index (χ0v) is 11.7. The maximum atomic E-state index is 8.88. The molecule has 0 radical (unpaired) electrons. The van der Waals surface area contributed by atoms with Gasteiger partial charge in [0, 0.05) is 12.6 Å². The van der Waals surface area contributed by atoms with E-state index in [-0.39, 0.29) is 6.04 Å². The molecule has 100 valence electrons. The van der Waals surface area contributed by atoms with Gasteiger partial charge in [-0.15, -0.1) is 0 Å². The molecular formula is C14H28N2O. The third kappa shape index (κ3) is 11.7. The van der Waals surface area contributed by atoms with Crippen LogP contribution in [0.25, 0.3) is 0 Å². The van der Waals surface area contributed by atoms with Crippen molar-refractivity contribution < 1.29 is 4.74 Å². The van der Waals surface area contributed by atoms with E-state index < -0.39 is 0 Å². The van der Waals surface area contributed by atoms with E-state index in [9.17, 15) is 0 Å². The summed E-state index contributed by atoms with van der Waals surface area (Å²) in [5.41, 5.74) is 0. The molecule has 0 amide bonds. The smallest absolute Gasteiger partial charge is 0.119 e. The molecular weight excluding hydrogens is 212 g/mol. The van der Waals surface area contributed by atoms with E-state index >= 15 is 0 Å². The maximum absolute atomic E-state index is 8.88. The van der Waals surface area contributed by atoms with Crippen LogP contribution in [0.2, 0.25) is 0 Å². The van der Waals surface area contributed by atoms with Crippen LogP contribution >= 0.6 is 0 Å². The lowest BCUT2D eigenvalue weighted by molar-refractivity contribution is 0.117. The fraction of sp³-hybridized carbons (Fsp3) is 0.929. The second-order valence-electron chi connectivity index (χ2n) is 4.85. The van der Waals surface area contributed by atoms with Gasteiger partial charge in [0.15, 0.2) is 0 Å². The van der Waals surface area contributed by atoms with Crippen LogP contribution in [0, 0.1) is 11.3 Å². The maximum Gasteiger partial charge on any atom is 0.119 e. The topological polar surface area (TPSA) is 45.0 Å². The van der Waals surface area contributed by atoms with Crippen molar-refractivity contribution in [2.24, 2.45) is 0 Å². The zero-order chi connectivity index (χ0) is 12.9. The third-order valence-corrected chi connectivity index (χ3v) is 2.62. The summed E-state index contributed by atoms with van der Waals surface area (Å²) in [5, 5.41) is 12.0. The van der Waals surface area contributed by atoms with Gasteiger partial charge in [-0.05, 0) is 20.3 Å². The number of hydrogen-bond donors (Lipinski definition) is 1. The molecule has 0 aliphatic heterocycles. The summed E-state index contributed by atoms with van der Waals surface area (Å²) < 4.78 is 5.51. The van der Waals surface area contributed by atoms with Crippen molar-refractivity contribution in [1.82, 2.24) is 5.32 Å². The molecule has 0 aliphatic rings. The Bertz CT molecular complexity index is 199. The van der Waals surface area contributed by atoms with Crippen molar-refractivity contribution in [2.45, 2.75) is 71.4 Å². The first-order valence-electron chi connectivity index (χ1n) is 6.94. The van der Waals surface area contributed by atoms with Gasteiger partial charge >= 0.3 is 0 Å². The molecule has 1 atom stereocenters. The second-order valence-corrected chi connectivity index (χ2v) is 4.85. The Morgan fingerprint density at radius 1 is 1.12 bits per heavy atom. The largest absolute Gasteiger partial charge is 0.379 e. The summed E-state index contributed by atoms with van der Waals surface area (Å²) in [6.07, 6.45) is 7.64. The first-order chi connectivity index (χ1) is 8.20. The fourth-order valence-corrected chi connectivity index (χ4v) is 1.71. The van der Waals surface area contributed by atoms with Crippen LogP contribution < -0.4 is 5.32 Å². The molecule has 0 saturated carbocycles. The lowest BCUT2D eigenvalue weighted by Gasteiger charge is -2.14. The number of nitrogens with zero attached hydrogens (tertiary/aromatic N) is 1. The predicted molar refractivity (Wildman–Crippen MR) is 71.9 cm³/mol. The summed E-state index contributed by atoms with van der Waals surface area (Å²) in [6, 6.07) is 2.38. The lowest BCUT2D eigenvalue weighted by Crippen LogP contribution is -2.37. The Kier molecular flexibility index (Phi) is 11.5. The van der Waals surface area contributed by atoms with Crippen LogP contribution in [0.5, 0.6) is 0 Å². The van der Waals surface area contributed by atoms with Crippen LogP contribution in [-0.2, 0) is 4.74 Å². The van der Waals surface area contributed by atoms with Crippen LogP contribution in [-0.4, -0.2) is 25.3 Å². The molecule has 1 N–H and O–H groups in total. The fourth-order valence-electron chi connectivity index (χ4n) is 1.71. The van der Waals surface area contributed by atoms with Gasteiger partial charge in [-0.25, -0.2) is 0 Å². The average Bonchev–Trinajstić information content (AvgIpc) is 2.30. The summed E-state index contributed by atoms with van der Waals surface area (Å²) in [5.74, 6) is 0. The highest BCUT2D eigenvalue weighted by atomic mass is 16.5. The SMILES string of the molecule is CCCCCCCCOCC(C#N)NC(C)C. The molecule has 0 aliphatic carbocycles. The van der Waals surface area contributed by atoms with Gasteiger partial charge in [0.05, 0.1) is 12.7 Å². The first kappa shape index (κ1) is 16.4. The van der Waals surface area contributed by atoms with E-state index in [1.54, 1.807) is 0 Å². The van der Waals surface area contributed by atoms with E-state index in [0.717, 1.165) is 13.0 Å². The molecule has 3 heteroatoms. The van der Waals surface area contributed by atoms with Crippen LogP contribution in [0.15, 0.2) is 0 Å². The van der Waals surface area contributed by atoms with Crippen molar-refractivity contribution in [1.29, 1.82) is 5.26 Å². The number of hydrogen-bond acceptors (Lipinski definition) is 3. The molecule has 0 bridgehead atoms. The van der Waals surface area contributed by atoms with Gasteiger partial charge in [-0.2, -0.15) is 5.26 Å². The summed E-state index contributed by atoms with van der Waals surface area (Å²) in [4.78, 5) is 0. The number of unbranched alkanes of at least 4 members (excludes halogenated alkanes) is 5. The van der Waals surface area contributed by atoms with E-state index in [2.05, 4.69) is 18.3 Å². The Balaban J connectivity index is 3.29. The Morgan fingerprint density at radius 2 is 1.76 bits per heavy atom. The van der Waals surface area contributed by atoms with Gasteiger partial charge in [-0.1, -0.05) is 39.0 Å². The van der Waals surface area contributed by atoms with Gasteiger partial charge in [-0.3, -0.25) is 5.32 Å². The van der Waals surface area contributed by atoms with E-state index in [0.29, 0.717) is 12.6 Å². The predicted octanol–water partition coefficient (Wildman–Crippen LogP) is 3.25. The number of ether oxygens (including phenoxy) is 1. The standard InChI is InChI=1S/C14H28N2O/c1-4-5-6-7-8-9-10-17-12-14(11-15)16-13(2)3/h13-14,16H,4-10,12H2,1-3H3. The average molecular weight is 240 g/mol. The summed E-state index contributed by atoms with van der Waals surface area (Å²) in [7, 11) is 0. The quantitative estimate of drug-likeness (QED) is 0.564. The normalized spacial score (nSPS) is 12.6. The molecule has 0 spiro atoms. The second kappa shape index (κ2) is 11.9. The molecule has 0 aromatic rings. The van der Waals surface area contributed by atoms with Crippen molar-refractivity contribution in [2.75, 3.05) is 13.2 Å². The highest BCUT2D eigenvalue weighted by molar-refractivity contribution is 4.90. The first-order valence-corrected chi connectivity index (χ1v) is 6.94. The van der Waals surface area contributed by atoms with Crippen molar-refractivity contribution in [3.05, 3.63) is 0 Å². The minimum atomic E-state index is -0.171. The molecule has 0 aromatic carbocycles. The van der Waals surface area contributed by atoms with Crippen molar-refractivity contribution >= 4 is 0 Å². The van der Waals surface area contributed by atoms with Gasteiger partial charge in [0.25, 0.3) is 0 Å². The van der Waals surface area contributed by atoms with Crippen LogP contribution in [0.3, 0.4) is 0 Å². The van der Waals surface area contributed by atoms with Gasteiger partial charge in [0.2, 0.25) is 0 Å². The molecule has 0 heterocycles. The van der Waals surface area contributed by atoms with E-state index in [1.807, 2.05) is 13.8 Å². The zero-order valence-electron chi connectivity index (χ0n) is 11.7. The van der Waals surface area contributed by atoms with Crippen molar-refractivity contribution in [3.63, 3.8) is 0 Å². The Labute approximate surface area is 107 Å². The monoisotopic (exact) mass is 240 g/mol. The van der Waals surface area contributed by atoms with Crippen LogP contribution in [0.4, 0.5) is 0 Å². The van der Waals surface area contributed by atoms with Gasteiger partial charge < -0.3 is 4.74 Å². The third-order valence-electron chi connectivity index (χ3n) is 2.62. The number of rotatable bonds is 11. The van der Waals surface area contributed by atoms with E-state index in [1.165, 1.54) is 32.1 Å². The molecule has 0 fully saturated rings. The molecule has 0 saturated heterocycles. The lowest BCUT2D eigenvalue weighted by atomic mass is 10.1. The molecule has 0 rings (SSSR count). The number of nitriles is 1. The number of nitrogens with one attached hydrogen (secondary N) is 1. The Hall–Kier alpha value is -0.590. The Morgan fingerprint density at radius 3 is 2.35 bits per heavy atom. The summed E-state index contributed by atoms with van der Waals surface area (Å²) in [6.45, 7) is 7.59.